The van der Waals surface area contributed by atoms with Crippen molar-refractivity contribution in [2.75, 3.05) is 20.2 Å². The Hall–Kier alpha value is -1.75. The minimum absolute atomic E-state index is 0.0987. The van der Waals surface area contributed by atoms with Gasteiger partial charge in [0.05, 0.1) is 19.4 Å². The third-order valence-corrected chi connectivity index (χ3v) is 4.18. The van der Waals surface area contributed by atoms with Gasteiger partial charge in [0.25, 0.3) is 0 Å². The van der Waals surface area contributed by atoms with E-state index in [4.69, 9.17) is 16.3 Å². The van der Waals surface area contributed by atoms with Crippen LogP contribution in [0.1, 0.15) is 18.9 Å². The first-order chi connectivity index (χ1) is 10.4. The molecule has 1 aliphatic heterocycles. The van der Waals surface area contributed by atoms with E-state index in [9.17, 15) is 14.7 Å². The highest BCUT2D eigenvalue weighted by molar-refractivity contribution is 6.30. The molecular weight excluding hydrogens is 306 g/mol. The maximum absolute atomic E-state index is 12.5. The highest BCUT2D eigenvalue weighted by Gasteiger charge is 2.32. The predicted octanol–water partition coefficient (Wildman–Crippen LogP) is 2.46. The molecule has 0 spiro atoms. The Balaban J connectivity index is 2.11. The van der Waals surface area contributed by atoms with Crippen LogP contribution >= 0.6 is 11.6 Å². The minimum Gasteiger partial charge on any atom is -0.496 e. The zero-order valence-electron chi connectivity index (χ0n) is 12.7. The van der Waals surface area contributed by atoms with Crippen molar-refractivity contribution in [2.24, 2.45) is 11.8 Å². The molecule has 1 aromatic carbocycles. The van der Waals surface area contributed by atoms with E-state index < -0.39 is 11.9 Å². The van der Waals surface area contributed by atoms with Gasteiger partial charge in [-0.25, -0.2) is 0 Å². The van der Waals surface area contributed by atoms with Crippen molar-refractivity contribution in [1.29, 1.82) is 0 Å². The van der Waals surface area contributed by atoms with Crippen LogP contribution in [0.15, 0.2) is 18.2 Å². The Labute approximate surface area is 134 Å². The largest absolute Gasteiger partial charge is 0.496 e. The smallest absolute Gasteiger partial charge is 0.308 e. The Morgan fingerprint density at radius 3 is 2.77 bits per heavy atom. The first kappa shape index (κ1) is 16.6. The molecule has 2 unspecified atom stereocenters. The summed E-state index contributed by atoms with van der Waals surface area (Å²) < 4.78 is 5.25. The summed E-state index contributed by atoms with van der Waals surface area (Å²) in [5.41, 5.74) is 0.713. The molecule has 1 fully saturated rings. The number of methoxy groups -OCH3 is 1. The van der Waals surface area contributed by atoms with E-state index in [-0.39, 0.29) is 24.8 Å². The van der Waals surface area contributed by atoms with Crippen LogP contribution < -0.4 is 4.74 Å². The number of carboxylic acids is 1. The SMILES string of the molecule is COc1ccc(Cl)cc1CC(=O)N1CC(C)CC(C(=O)O)C1. The summed E-state index contributed by atoms with van der Waals surface area (Å²) in [5.74, 6) is -0.644. The molecular formula is C16H20ClNO4. The van der Waals surface area contributed by atoms with Gasteiger partial charge in [-0.3, -0.25) is 9.59 Å². The lowest BCUT2D eigenvalue weighted by atomic mass is 9.90. The number of piperidine rings is 1. The van der Waals surface area contributed by atoms with Crippen molar-refractivity contribution in [3.8, 4) is 5.75 Å². The molecule has 1 aliphatic rings. The second-order valence-electron chi connectivity index (χ2n) is 5.81. The highest BCUT2D eigenvalue weighted by atomic mass is 35.5. The lowest BCUT2D eigenvalue weighted by Crippen LogP contribution is -2.46. The lowest BCUT2D eigenvalue weighted by molar-refractivity contribution is -0.146. The molecule has 120 valence electrons. The number of halogens is 1. The van der Waals surface area contributed by atoms with Crippen molar-refractivity contribution in [3.63, 3.8) is 0 Å². The standard InChI is InChI=1S/C16H20ClNO4/c1-10-5-12(16(20)21)9-18(8-10)15(19)7-11-6-13(17)3-4-14(11)22-2/h3-4,6,10,12H,5,7-9H2,1-2H3,(H,20,21). The number of carbonyl (C=O) groups excluding carboxylic acids is 1. The van der Waals surface area contributed by atoms with Crippen molar-refractivity contribution in [1.82, 2.24) is 4.90 Å². The van der Waals surface area contributed by atoms with Gasteiger partial charge in [-0.1, -0.05) is 18.5 Å². The van der Waals surface area contributed by atoms with Gasteiger partial charge in [0.2, 0.25) is 5.91 Å². The molecule has 6 heteroatoms. The average Bonchev–Trinajstić information content (AvgIpc) is 2.46. The summed E-state index contributed by atoms with van der Waals surface area (Å²) in [6.45, 7) is 2.82. The molecule has 1 saturated heterocycles. The predicted molar refractivity (Wildman–Crippen MR) is 83.2 cm³/mol. The second-order valence-corrected chi connectivity index (χ2v) is 6.24. The quantitative estimate of drug-likeness (QED) is 0.923. The van der Waals surface area contributed by atoms with Crippen molar-refractivity contribution >= 4 is 23.5 Å². The molecule has 0 bridgehead atoms. The summed E-state index contributed by atoms with van der Waals surface area (Å²) in [5, 5.41) is 9.73. The maximum Gasteiger partial charge on any atom is 0.308 e. The summed E-state index contributed by atoms with van der Waals surface area (Å²) in [6, 6.07) is 5.14. The Morgan fingerprint density at radius 1 is 1.41 bits per heavy atom. The molecule has 0 saturated carbocycles. The molecule has 5 nitrogen and oxygen atoms in total. The molecule has 0 aromatic heterocycles. The molecule has 0 aliphatic carbocycles. The van der Waals surface area contributed by atoms with Gasteiger partial charge in [-0.05, 0) is 30.5 Å². The van der Waals surface area contributed by atoms with E-state index in [0.717, 1.165) is 0 Å². The molecule has 1 N–H and O–H groups in total. The Kier molecular flexibility index (Phi) is 5.29. The highest BCUT2D eigenvalue weighted by Crippen LogP contribution is 2.26. The number of ether oxygens (including phenoxy) is 1. The van der Waals surface area contributed by atoms with Gasteiger partial charge < -0.3 is 14.7 Å². The van der Waals surface area contributed by atoms with Gasteiger partial charge in [0.15, 0.2) is 0 Å². The van der Waals surface area contributed by atoms with Crippen LogP contribution in [0, 0.1) is 11.8 Å². The monoisotopic (exact) mass is 325 g/mol. The number of amides is 1. The van der Waals surface area contributed by atoms with E-state index in [0.29, 0.717) is 29.3 Å². The van der Waals surface area contributed by atoms with Crippen LogP contribution in [0.5, 0.6) is 5.75 Å². The number of benzene rings is 1. The molecule has 22 heavy (non-hydrogen) atoms. The molecule has 0 radical (unpaired) electrons. The van der Waals surface area contributed by atoms with E-state index in [1.165, 1.54) is 0 Å². The van der Waals surface area contributed by atoms with E-state index in [2.05, 4.69) is 0 Å². The number of rotatable bonds is 4. The van der Waals surface area contributed by atoms with E-state index in [1.807, 2.05) is 6.92 Å². The van der Waals surface area contributed by atoms with Crippen LogP contribution in [-0.2, 0) is 16.0 Å². The first-order valence-corrected chi connectivity index (χ1v) is 7.61. The van der Waals surface area contributed by atoms with E-state index in [1.54, 1.807) is 30.2 Å². The zero-order valence-corrected chi connectivity index (χ0v) is 13.5. The molecule has 2 atom stereocenters. The molecule has 1 heterocycles. The number of likely N-dealkylation sites (tertiary alicyclic amines) is 1. The fourth-order valence-electron chi connectivity index (χ4n) is 2.89. The third-order valence-electron chi connectivity index (χ3n) is 3.95. The summed E-state index contributed by atoms with van der Waals surface area (Å²) in [4.78, 5) is 25.3. The Bertz CT molecular complexity index is 575. The van der Waals surface area contributed by atoms with Crippen molar-refractivity contribution in [3.05, 3.63) is 28.8 Å². The van der Waals surface area contributed by atoms with Gasteiger partial charge >= 0.3 is 5.97 Å². The molecule has 2 rings (SSSR count). The Morgan fingerprint density at radius 2 is 2.14 bits per heavy atom. The lowest BCUT2D eigenvalue weighted by Gasteiger charge is -2.34. The fourth-order valence-corrected chi connectivity index (χ4v) is 3.09. The van der Waals surface area contributed by atoms with Crippen LogP contribution in [0.4, 0.5) is 0 Å². The average molecular weight is 326 g/mol. The van der Waals surface area contributed by atoms with Crippen LogP contribution in [0.2, 0.25) is 5.02 Å². The molecule has 1 amide bonds. The van der Waals surface area contributed by atoms with Crippen molar-refractivity contribution in [2.45, 2.75) is 19.8 Å². The van der Waals surface area contributed by atoms with Gasteiger partial charge in [-0.15, -0.1) is 0 Å². The summed E-state index contributed by atoms with van der Waals surface area (Å²) >= 11 is 5.97. The summed E-state index contributed by atoms with van der Waals surface area (Å²) in [6.07, 6.45) is 0.766. The number of carboxylic acid groups (broad SMARTS) is 1. The topological polar surface area (TPSA) is 66.8 Å². The van der Waals surface area contributed by atoms with Crippen LogP contribution in [0.25, 0.3) is 0 Å². The number of aliphatic carboxylic acids is 1. The molecule has 1 aromatic rings. The number of nitrogens with zero attached hydrogens (tertiary/aromatic N) is 1. The van der Waals surface area contributed by atoms with Gasteiger partial charge in [0, 0.05) is 23.7 Å². The normalized spacial score (nSPS) is 21.5. The van der Waals surface area contributed by atoms with E-state index >= 15 is 0 Å². The first-order valence-electron chi connectivity index (χ1n) is 7.23. The number of hydrogen-bond acceptors (Lipinski definition) is 3. The van der Waals surface area contributed by atoms with Crippen LogP contribution in [-0.4, -0.2) is 42.1 Å². The maximum atomic E-state index is 12.5. The van der Waals surface area contributed by atoms with Crippen molar-refractivity contribution < 1.29 is 19.4 Å². The van der Waals surface area contributed by atoms with Gasteiger partial charge in [0.1, 0.15) is 5.75 Å². The number of carbonyl (C=O) groups is 2. The van der Waals surface area contributed by atoms with Gasteiger partial charge in [-0.2, -0.15) is 0 Å². The minimum atomic E-state index is -0.843. The third kappa shape index (κ3) is 3.91. The fraction of sp³-hybridized carbons (Fsp3) is 0.500. The van der Waals surface area contributed by atoms with Crippen LogP contribution in [0.3, 0.4) is 0 Å². The summed E-state index contributed by atoms with van der Waals surface area (Å²) in [7, 11) is 1.54. The second kappa shape index (κ2) is 7.01. The zero-order chi connectivity index (χ0) is 16.3. The number of hydrogen-bond donors (Lipinski definition) is 1.